The summed E-state index contributed by atoms with van der Waals surface area (Å²) in [6, 6.07) is 11.1. The van der Waals surface area contributed by atoms with Gasteiger partial charge in [0, 0.05) is 41.1 Å². The fraction of sp³-hybridized carbons (Fsp3) is 0.333. The minimum atomic E-state index is -0.976. The summed E-state index contributed by atoms with van der Waals surface area (Å²) in [5.41, 5.74) is 5.24. The molecular weight excluding hydrogens is 360 g/mol. The molecule has 0 aliphatic rings. The molecule has 144 valence electrons. The number of carbonyl (C=O) groups excluding carboxylic acids is 2. The Morgan fingerprint density at radius 3 is 2.30 bits per heavy atom. The molecule has 0 bridgehead atoms. The average Bonchev–Trinajstić information content (AvgIpc) is 2.57. The van der Waals surface area contributed by atoms with Crippen molar-refractivity contribution in [2.24, 2.45) is 0 Å². The molecule has 0 heterocycles. The van der Waals surface area contributed by atoms with Crippen LogP contribution < -0.4 is 5.32 Å². The Morgan fingerprint density at radius 1 is 1.07 bits per heavy atom. The van der Waals surface area contributed by atoms with E-state index in [0.717, 1.165) is 27.9 Å². The van der Waals surface area contributed by atoms with Crippen LogP contribution in [0.5, 0.6) is 0 Å². The monoisotopic (exact) mass is 386 g/mol. The number of benzene rings is 2. The van der Waals surface area contributed by atoms with Crippen molar-refractivity contribution < 1.29 is 13.8 Å². The summed E-state index contributed by atoms with van der Waals surface area (Å²) in [6.45, 7) is 5.87. The van der Waals surface area contributed by atoms with E-state index in [1.54, 1.807) is 31.5 Å². The van der Waals surface area contributed by atoms with Crippen LogP contribution in [0.4, 0.5) is 5.69 Å². The zero-order valence-corrected chi connectivity index (χ0v) is 17.3. The van der Waals surface area contributed by atoms with Crippen LogP contribution in [0.3, 0.4) is 0 Å². The Kier molecular flexibility index (Phi) is 6.91. The quantitative estimate of drug-likeness (QED) is 0.829. The minimum absolute atomic E-state index is 0.0461. The van der Waals surface area contributed by atoms with Crippen LogP contribution in [-0.4, -0.2) is 40.8 Å². The van der Waals surface area contributed by atoms with Crippen molar-refractivity contribution in [2.45, 2.75) is 26.5 Å². The van der Waals surface area contributed by atoms with Gasteiger partial charge in [-0.2, -0.15) is 0 Å². The molecule has 2 rings (SSSR count). The molecule has 0 aromatic heterocycles. The van der Waals surface area contributed by atoms with Crippen molar-refractivity contribution in [1.82, 2.24) is 4.90 Å². The second-order valence-corrected chi connectivity index (χ2v) is 8.34. The Balaban J connectivity index is 2.06. The molecule has 0 aliphatic heterocycles. The van der Waals surface area contributed by atoms with Crippen LogP contribution in [0.25, 0.3) is 0 Å². The molecule has 0 aliphatic carbocycles. The van der Waals surface area contributed by atoms with E-state index in [9.17, 15) is 13.8 Å². The lowest BCUT2D eigenvalue weighted by Gasteiger charge is -2.19. The first kappa shape index (κ1) is 20.8. The summed E-state index contributed by atoms with van der Waals surface area (Å²) in [6.07, 6.45) is 1.63. The standard InChI is InChI=1S/C21H26N2O3S/c1-14-9-15(2)20(16(3)10-14)22-19(24)12-23(4)21(25)18-8-6-7-17(11-18)13-27(5)26/h6-11H,12-13H2,1-5H3,(H,22,24). The molecule has 0 saturated heterocycles. The van der Waals surface area contributed by atoms with Crippen LogP contribution >= 0.6 is 0 Å². The number of carbonyl (C=O) groups is 2. The number of hydrogen-bond donors (Lipinski definition) is 1. The zero-order valence-electron chi connectivity index (χ0n) is 16.5. The van der Waals surface area contributed by atoms with E-state index in [2.05, 4.69) is 5.32 Å². The number of hydrogen-bond acceptors (Lipinski definition) is 3. The lowest BCUT2D eigenvalue weighted by atomic mass is 10.1. The summed E-state index contributed by atoms with van der Waals surface area (Å²) in [7, 11) is 0.623. The number of likely N-dealkylation sites (N-methyl/N-ethyl adjacent to an activating group) is 1. The maximum atomic E-state index is 12.6. The van der Waals surface area contributed by atoms with Crippen LogP contribution in [0.1, 0.15) is 32.6 Å². The van der Waals surface area contributed by atoms with E-state index in [-0.39, 0.29) is 18.4 Å². The third-order valence-corrected chi connectivity index (χ3v) is 4.95. The molecule has 2 aromatic carbocycles. The highest BCUT2D eigenvalue weighted by molar-refractivity contribution is 7.83. The number of amides is 2. The molecular formula is C21H26N2O3S. The summed E-state index contributed by atoms with van der Waals surface area (Å²) >= 11 is 0. The van der Waals surface area contributed by atoms with Crippen molar-refractivity contribution in [3.05, 3.63) is 64.2 Å². The van der Waals surface area contributed by atoms with Gasteiger partial charge in [-0.1, -0.05) is 29.8 Å². The van der Waals surface area contributed by atoms with Crippen molar-refractivity contribution in [3.8, 4) is 0 Å². The number of nitrogens with one attached hydrogen (secondary N) is 1. The third-order valence-electron chi connectivity index (χ3n) is 4.21. The molecule has 1 N–H and O–H groups in total. The highest BCUT2D eigenvalue weighted by atomic mass is 32.2. The van der Waals surface area contributed by atoms with Gasteiger partial charge in [0.25, 0.3) is 5.91 Å². The van der Waals surface area contributed by atoms with Crippen molar-refractivity contribution in [2.75, 3.05) is 25.2 Å². The minimum Gasteiger partial charge on any atom is -0.332 e. The second-order valence-electron chi connectivity index (χ2n) is 6.90. The van der Waals surface area contributed by atoms with Crippen LogP contribution in [0.15, 0.2) is 36.4 Å². The second kappa shape index (κ2) is 8.95. The normalized spacial score (nSPS) is 11.7. The van der Waals surface area contributed by atoms with Gasteiger partial charge in [0.2, 0.25) is 5.91 Å². The van der Waals surface area contributed by atoms with E-state index in [1.165, 1.54) is 4.90 Å². The molecule has 0 radical (unpaired) electrons. The van der Waals surface area contributed by atoms with Crippen molar-refractivity contribution >= 4 is 28.3 Å². The van der Waals surface area contributed by atoms with E-state index in [4.69, 9.17) is 0 Å². The molecule has 27 heavy (non-hydrogen) atoms. The predicted octanol–water partition coefficient (Wildman–Crippen LogP) is 3.20. The molecule has 2 aromatic rings. The number of nitrogens with zero attached hydrogens (tertiary/aromatic N) is 1. The largest absolute Gasteiger partial charge is 0.332 e. The van der Waals surface area contributed by atoms with Gasteiger partial charge in [0.15, 0.2) is 0 Å². The van der Waals surface area contributed by atoms with Crippen molar-refractivity contribution in [3.63, 3.8) is 0 Å². The van der Waals surface area contributed by atoms with Crippen LogP contribution in [0.2, 0.25) is 0 Å². The van der Waals surface area contributed by atoms with Gasteiger partial charge in [-0.25, -0.2) is 0 Å². The molecule has 1 unspecified atom stereocenters. The molecule has 5 nitrogen and oxygen atoms in total. The van der Waals surface area contributed by atoms with E-state index < -0.39 is 10.8 Å². The fourth-order valence-corrected chi connectivity index (χ4v) is 3.74. The highest BCUT2D eigenvalue weighted by Crippen LogP contribution is 2.21. The summed E-state index contributed by atoms with van der Waals surface area (Å²) in [4.78, 5) is 26.4. The van der Waals surface area contributed by atoms with E-state index in [1.807, 2.05) is 39.0 Å². The van der Waals surface area contributed by atoms with Gasteiger partial charge in [0.1, 0.15) is 0 Å². The van der Waals surface area contributed by atoms with Gasteiger partial charge in [-0.3, -0.25) is 13.8 Å². The highest BCUT2D eigenvalue weighted by Gasteiger charge is 2.16. The Morgan fingerprint density at radius 2 is 1.70 bits per heavy atom. The van der Waals surface area contributed by atoms with Gasteiger partial charge < -0.3 is 10.2 Å². The lowest BCUT2D eigenvalue weighted by Crippen LogP contribution is -2.35. The summed E-state index contributed by atoms with van der Waals surface area (Å²) < 4.78 is 11.4. The van der Waals surface area contributed by atoms with Crippen LogP contribution in [-0.2, 0) is 21.3 Å². The molecule has 0 fully saturated rings. The SMILES string of the molecule is Cc1cc(C)c(NC(=O)CN(C)C(=O)c2cccc(CS(C)=O)c2)c(C)c1. The van der Waals surface area contributed by atoms with Gasteiger partial charge in [-0.15, -0.1) is 0 Å². The Bertz CT molecular complexity index is 870. The summed E-state index contributed by atoms with van der Waals surface area (Å²) in [5, 5.41) is 2.91. The lowest BCUT2D eigenvalue weighted by molar-refractivity contribution is -0.116. The molecule has 0 saturated carbocycles. The van der Waals surface area contributed by atoms with Gasteiger partial charge in [-0.05, 0) is 49.6 Å². The van der Waals surface area contributed by atoms with Crippen LogP contribution in [0, 0.1) is 20.8 Å². The topological polar surface area (TPSA) is 66.5 Å². The smallest absolute Gasteiger partial charge is 0.254 e. The predicted molar refractivity (Wildman–Crippen MR) is 110 cm³/mol. The van der Waals surface area contributed by atoms with Gasteiger partial charge >= 0.3 is 0 Å². The van der Waals surface area contributed by atoms with Crippen molar-refractivity contribution in [1.29, 1.82) is 0 Å². The first-order valence-corrected chi connectivity index (χ1v) is 10.4. The average molecular weight is 387 g/mol. The van der Waals surface area contributed by atoms with E-state index >= 15 is 0 Å². The third kappa shape index (κ3) is 5.76. The molecule has 2 amide bonds. The first-order valence-electron chi connectivity index (χ1n) is 8.69. The van der Waals surface area contributed by atoms with E-state index in [0.29, 0.717) is 11.3 Å². The number of anilines is 1. The Labute approximate surface area is 163 Å². The number of aryl methyl sites for hydroxylation is 3. The van der Waals surface area contributed by atoms with Gasteiger partial charge in [0.05, 0.1) is 6.54 Å². The Hall–Kier alpha value is -2.47. The molecule has 6 heteroatoms. The first-order chi connectivity index (χ1) is 12.7. The molecule has 1 atom stereocenters. The number of rotatable bonds is 6. The maximum Gasteiger partial charge on any atom is 0.254 e. The summed E-state index contributed by atoms with van der Waals surface area (Å²) in [5.74, 6) is -0.0879. The maximum absolute atomic E-state index is 12.6. The zero-order chi connectivity index (χ0) is 20.1. The molecule has 0 spiro atoms. The fourth-order valence-electron chi connectivity index (χ4n) is 3.09.